The number of hydrogen-bond acceptors (Lipinski definition) is 7. The number of carbonyl (C=O) groups is 1. The first kappa shape index (κ1) is 19.5. The number of anilines is 1. The summed E-state index contributed by atoms with van der Waals surface area (Å²) in [5.74, 6) is -2.01. The molecule has 0 saturated carbocycles. The number of rotatable bonds is 4. The molecule has 1 amide bonds. The van der Waals surface area contributed by atoms with E-state index in [1.54, 1.807) is 11.5 Å². The third kappa shape index (κ3) is 3.20. The minimum absolute atomic E-state index is 0.0251. The van der Waals surface area contributed by atoms with Crippen molar-refractivity contribution < 1.29 is 18.3 Å². The van der Waals surface area contributed by atoms with Crippen LogP contribution in [0.3, 0.4) is 0 Å². The molecule has 32 heavy (non-hydrogen) atoms. The standard InChI is InChI=1S/C21H15F2N7O2/c1-21(29-26-11-32-21)20-27-14-7-2-3-8-15(14)30(20)17-10-24-16(9-25-17)28-19(31)18-12(22)5-4-6-13(18)23/h2-11,29H,1H3,(H,24,28,31). The predicted molar refractivity (Wildman–Crippen MR) is 111 cm³/mol. The number of hydrogen-bond donors (Lipinski definition) is 2. The predicted octanol–water partition coefficient (Wildman–Crippen LogP) is 3.08. The summed E-state index contributed by atoms with van der Waals surface area (Å²) in [7, 11) is 0. The van der Waals surface area contributed by atoms with Gasteiger partial charge in [-0.05, 0) is 24.3 Å². The Hall–Kier alpha value is -4.41. The molecule has 2 aromatic carbocycles. The van der Waals surface area contributed by atoms with Crippen molar-refractivity contribution in [1.82, 2.24) is 24.9 Å². The number of benzene rings is 2. The SMILES string of the molecule is CC1(c2nc3ccccc3n2-c2cnc(NC(=O)c3c(F)cccc3F)cn2)NN=CO1. The van der Waals surface area contributed by atoms with E-state index in [2.05, 4.69) is 30.8 Å². The quantitative estimate of drug-likeness (QED) is 0.510. The van der Waals surface area contributed by atoms with Gasteiger partial charge in [0.05, 0.1) is 23.4 Å². The highest BCUT2D eigenvalue weighted by Gasteiger charge is 2.37. The number of halogens is 2. The number of fused-ring (bicyclic) bond motifs is 1. The summed E-state index contributed by atoms with van der Waals surface area (Å²) in [5.41, 5.74) is 2.60. The zero-order valence-electron chi connectivity index (χ0n) is 16.6. The van der Waals surface area contributed by atoms with Gasteiger partial charge in [-0.1, -0.05) is 18.2 Å². The average Bonchev–Trinajstić information content (AvgIpc) is 3.39. The lowest BCUT2D eigenvalue weighted by atomic mass is 10.2. The zero-order valence-corrected chi connectivity index (χ0v) is 16.6. The second-order valence-corrected chi connectivity index (χ2v) is 7.07. The van der Waals surface area contributed by atoms with Crippen molar-refractivity contribution in [1.29, 1.82) is 0 Å². The molecular formula is C21H15F2N7O2. The van der Waals surface area contributed by atoms with Crippen LogP contribution in [0.15, 0.2) is 60.0 Å². The number of para-hydroxylation sites is 2. The van der Waals surface area contributed by atoms with Crippen molar-refractivity contribution in [3.05, 3.63) is 77.9 Å². The molecule has 11 heteroatoms. The van der Waals surface area contributed by atoms with Crippen LogP contribution in [0.1, 0.15) is 23.1 Å². The molecule has 4 aromatic rings. The van der Waals surface area contributed by atoms with Gasteiger partial charge >= 0.3 is 0 Å². The molecule has 0 bridgehead atoms. The zero-order chi connectivity index (χ0) is 22.3. The second-order valence-electron chi connectivity index (χ2n) is 7.07. The van der Waals surface area contributed by atoms with Crippen LogP contribution in [0.4, 0.5) is 14.6 Å². The molecule has 5 rings (SSSR count). The molecule has 0 saturated heterocycles. The third-order valence-corrected chi connectivity index (χ3v) is 4.91. The second kappa shape index (κ2) is 7.38. The van der Waals surface area contributed by atoms with E-state index in [1.807, 2.05) is 24.3 Å². The summed E-state index contributed by atoms with van der Waals surface area (Å²) >= 11 is 0. The number of hydrazone groups is 1. The molecule has 9 nitrogen and oxygen atoms in total. The molecule has 0 fully saturated rings. The number of ether oxygens (including phenoxy) is 1. The molecule has 1 aliphatic heterocycles. The van der Waals surface area contributed by atoms with Gasteiger partial charge in [0.1, 0.15) is 17.2 Å². The van der Waals surface area contributed by atoms with Crippen molar-refractivity contribution in [2.75, 3.05) is 5.32 Å². The molecule has 0 aliphatic carbocycles. The van der Waals surface area contributed by atoms with Crippen LogP contribution in [-0.2, 0) is 10.5 Å². The van der Waals surface area contributed by atoms with E-state index in [0.29, 0.717) is 17.2 Å². The number of imidazole rings is 1. The monoisotopic (exact) mass is 435 g/mol. The van der Waals surface area contributed by atoms with Gasteiger partial charge in [-0.25, -0.2) is 23.7 Å². The first-order chi connectivity index (χ1) is 15.5. The molecule has 1 unspecified atom stereocenters. The van der Waals surface area contributed by atoms with E-state index in [0.717, 1.165) is 17.6 Å². The Morgan fingerprint density at radius 1 is 1.09 bits per heavy atom. The summed E-state index contributed by atoms with van der Waals surface area (Å²) in [6.07, 6.45) is 3.98. The fourth-order valence-corrected chi connectivity index (χ4v) is 3.38. The molecule has 2 aromatic heterocycles. The van der Waals surface area contributed by atoms with Crippen molar-refractivity contribution in [2.24, 2.45) is 5.10 Å². The van der Waals surface area contributed by atoms with Gasteiger partial charge < -0.3 is 10.1 Å². The number of amides is 1. The van der Waals surface area contributed by atoms with Gasteiger partial charge in [-0.3, -0.25) is 14.8 Å². The van der Waals surface area contributed by atoms with E-state index >= 15 is 0 Å². The van der Waals surface area contributed by atoms with Gasteiger partial charge in [-0.2, -0.15) is 0 Å². The average molecular weight is 435 g/mol. The summed E-state index contributed by atoms with van der Waals surface area (Å²) in [4.78, 5) is 25.5. The highest BCUT2D eigenvalue weighted by molar-refractivity contribution is 6.04. The van der Waals surface area contributed by atoms with Crippen LogP contribution in [-0.4, -0.2) is 31.8 Å². The van der Waals surface area contributed by atoms with Crippen molar-refractivity contribution in [3.63, 3.8) is 0 Å². The maximum Gasteiger partial charge on any atom is 0.262 e. The van der Waals surface area contributed by atoms with Crippen molar-refractivity contribution in [3.8, 4) is 5.82 Å². The first-order valence-electron chi connectivity index (χ1n) is 9.48. The molecule has 1 aliphatic rings. The van der Waals surface area contributed by atoms with Gasteiger partial charge in [-0.15, -0.1) is 5.10 Å². The van der Waals surface area contributed by atoms with Gasteiger partial charge in [0.25, 0.3) is 11.6 Å². The number of aromatic nitrogens is 4. The molecule has 0 spiro atoms. The Bertz CT molecular complexity index is 1340. The third-order valence-electron chi connectivity index (χ3n) is 4.91. The highest BCUT2D eigenvalue weighted by Crippen LogP contribution is 2.30. The van der Waals surface area contributed by atoms with Crippen molar-refractivity contribution >= 4 is 29.2 Å². The first-order valence-corrected chi connectivity index (χ1v) is 9.48. The Balaban J connectivity index is 1.50. The van der Waals surface area contributed by atoms with Crippen LogP contribution in [0, 0.1) is 11.6 Å². The van der Waals surface area contributed by atoms with Crippen LogP contribution in [0.5, 0.6) is 0 Å². The highest BCUT2D eigenvalue weighted by atomic mass is 19.1. The molecule has 1 atom stereocenters. The van der Waals surface area contributed by atoms with E-state index in [-0.39, 0.29) is 5.82 Å². The topological polar surface area (TPSA) is 106 Å². The van der Waals surface area contributed by atoms with Crippen LogP contribution in [0.2, 0.25) is 0 Å². The summed E-state index contributed by atoms with van der Waals surface area (Å²) in [5, 5.41) is 6.26. The lowest BCUT2D eigenvalue weighted by Crippen LogP contribution is -2.37. The summed E-state index contributed by atoms with van der Waals surface area (Å²) in [6.45, 7) is 1.77. The molecule has 3 heterocycles. The van der Waals surface area contributed by atoms with Crippen LogP contribution in [0.25, 0.3) is 16.9 Å². The number of nitrogens with one attached hydrogen (secondary N) is 2. The van der Waals surface area contributed by atoms with Gasteiger partial charge in [0, 0.05) is 6.92 Å². The number of nitrogens with zero attached hydrogens (tertiary/aromatic N) is 5. The van der Waals surface area contributed by atoms with Crippen molar-refractivity contribution in [2.45, 2.75) is 12.6 Å². The fourth-order valence-electron chi connectivity index (χ4n) is 3.38. The molecular weight excluding hydrogens is 420 g/mol. The smallest absolute Gasteiger partial charge is 0.262 e. The van der Waals surface area contributed by atoms with Crippen LogP contribution >= 0.6 is 0 Å². The van der Waals surface area contributed by atoms with E-state index in [4.69, 9.17) is 4.74 Å². The summed E-state index contributed by atoms with van der Waals surface area (Å²) < 4.78 is 35.1. The minimum atomic E-state index is -1.03. The molecule has 2 N–H and O–H groups in total. The summed E-state index contributed by atoms with van der Waals surface area (Å²) in [6, 6.07) is 10.6. The maximum absolute atomic E-state index is 13.9. The Kier molecular flexibility index (Phi) is 4.51. The Morgan fingerprint density at radius 2 is 1.88 bits per heavy atom. The minimum Gasteiger partial charge on any atom is -0.447 e. The van der Waals surface area contributed by atoms with E-state index in [9.17, 15) is 13.6 Å². The van der Waals surface area contributed by atoms with Gasteiger partial charge in [0.15, 0.2) is 23.9 Å². The van der Waals surface area contributed by atoms with E-state index < -0.39 is 28.8 Å². The number of carbonyl (C=O) groups excluding carboxylic acids is 1. The molecule has 160 valence electrons. The lowest BCUT2D eigenvalue weighted by Gasteiger charge is -2.22. The lowest BCUT2D eigenvalue weighted by molar-refractivity contribution is 0.0612. The largest absolute Gasteiger partial charge is 0.447 e. The van der Waals surface area contributed by atoms with Gasteiger partial charge in [0.2, 0.25) is 0 Å². The maximum atomic E-state index is 13.9. The van der Waals surface area contributed by atoms with Crippen LogP contribution < -0.4 is 10.7 Å². The Morgan fingerprint density at radius 3 is 2.56 bits per heavy atom. The molecule has 0 radical (unpaired) electrons. The fraction of sp³-hybridized carbons (Fsp3) is 0.0952. The Labute approximate surface area is 179 Å². The van der Waals surface area contributed by atoms with E-state index in [1.165, 1.54) is 24.9 Å². The normalized spacial score (nSPS) is 17.2.